The van der Waals surface area contributed by atoms with Crippen LogP contribution in [0.4, 0.5) is 11.4 Å². The van der Waals surface area contributed by atoms with Gasteiger partial charge in [-0.3, -0.25) is 4.79 Å². The molecule has 1 aliphatic rings. The zero-order valence-electron chi connectivity index (χ0n) is 17.1. The number of aromatic amines is 1. The number of fused-ring (bicyclic) bond motifs is 1. The Morgan fingerprint density at radius 3 is 2.52 bits per heavy atom. The summed E-state index contributed by atoms with van der Waals surface area (Å²) in [5.41, 5.74) is 4.98. The van der Waals surface area contributed by atoms with Crippen LogP contribution in [0.15, 0.2) is 53.3 Å². The SMILES string of the molecule is CC(C)c1ccc2[nH]c(=O)c(CNc3ccc(N4CCC(O)CC4)cc3)cc2c1. The van der Waals surface area contributed by atoms with Crippen molar-refractivity contribution < 1.29 is 5.11 Å². The maximum absolute atomic E-state index is 12.4. The summed E-state index contributed by atoms with van der Waals surface area (Å²) in [6.45, 7) is 6.60. The molecule has 152 valence electrons. The van der Waals surface area contributed by atoms with Gasteiger partial charge in [-0.15, -0.1) is 0 Å². The van der Waals surface area contributed by atoms with Crippen molar-refractivity contribution >= 4 is 22.3 Å². The first-order valence-corrected chi connectivity index (χ1v) is 10.4. The van der Waals surface area contributed by atoms with Crippen molar-refractivity contribution in [1.82, 2.24) is 4.98 Å². The predicted octanol–water partition coefficient (Wildman–Crippen LogP) is 4.22. The van der Waals surface area contributed by atoms with E-state index in [0.717, 1.165) is 48.1 Å². The number of hydrogen-bond acceptors (Lipinski definition) is 4. The molecule has 0 unspecified atom stereocenters. The highest BCUT2D eigenvalue weighted by molar-refractivity contribution is 5.80. The maximum atomic E-state index is 12.4. The minimum atomic E-state index is -0.163. The lowest BCUT2D eigenvalue weighted by molar-refractivity contribution is 0.145. The molecule has 5 nitrogen and oxygen atoms in total. The van der Waals surface area contributed by atoms with Crippen LogP contribution >= 0.6 is 0 Å². The lowest BCUT2D eigenvalue weighted by atomic mass is 10.0. The standard InChI is InChI=1S/C24H29N3O2/c1-16(2)17-3-8-23-18(13-17)14-19(24(29)26-23)15-25-20-4-6-21(7-5-20)27-11-9-22(28)10-12-27/h3-8,13-14,16,22,25,28H,9-12,15H2,1-2H3,(H,26,29). The molecule has 29 heavy (non-hydrogen) atoms. The first-order chi connectivity index (χ1) is 14.0. The normalized spacial score (nSPS) is 15.2. The van der Waals surface area contributed by atoms with E-state index in [1.54, 1.807) is 0 Å². The summed E-state index contributed by atoms with van der Waals surface area (Å²) in [5.74, 6) is 0.453. The predicted molar refractivity (Wildman–Crippen MR) is 120 cm³/mol. The third kappa shape index (κ3) is 4.46. The third-order valence-corrected chi connectivity index (χ3v) is 5.79. The fraction of sp³-hybridized carbons (Fsp3) is 0.375. The highest BCUT2D eigenvalue weighted by atomic mass is 16.3. The van der Waals surface area contributed by atoms with Crippen LogP contribution < -0.4 is 15.8 Å². The molecule has 0 bridgehead atoms. The Balaban J connectivity index is 1.46. The van der Waals surface area contributed by atoms with Crippen molar-refractivity contribution in [2.75, 3.05) is 23.3 Å². The molecule has 1 fully saturated rings. The van der Waals surface area contributed by atoms with Crippen molar-refractivity contribution in [3.05, 3.63) is 70.0 Å². The van der Waals surface area contributed by atoms with Gasteiger partial charge in [0.2, 0.25) is 0 Å². The number of nitrogens with zero attached hydrogens (tertiary/aromatic N) is 1. The van der Waals surface area contributed by atoms with Crippen LogP contribution in [0.5, 0.6) is 0 Å². The Bertz CT molecular complexity index is 1030. The molecule has 0 atom stereocenters. The number of rotatable bonds is 5. The van der Waals surface area contributed by atoms with E-state index in [1.807, 2.05) is 24.3 Å². The van der Waals surface area contributed by atoms with Gasteiger partial charge >= 0.3 is 0 Å². The first kappa shape index (κ1) is 19.5. The molecule has 2 heterocycles. The largest absolute Gasteiger partial charge is 0.393 e. The molecule has 0 saturated carbocycles. The fourth-order valence-electron chi connectivity index (χ4n) is 3.87. The second-order valence-corrected chi connectivity index (χ2v) is 8.24. The Kier molecular flexibility index (Phi) is 5.58. The number of aliphatic hydroxyl groups excluding tert-OH is 1. The molecular formula is C24H29N3O2. The van der Waals surface area contributed by atoms with Gasteiger partial charge in [0.05, 0.1) is 6.10 Å². The van der Waals surface area contributed by atoms with E-state index in [4.69, 9.17) is 0 Å². The number of H-pyrrole nitrogens is 1. The smallest absolute Gasteiger partial charge is 0.253 e. The van der Waals surface area contributed by atoms with E-state index in [9.17, 15) is 9.90 Å². The van der Waals surface area contributed by atoms with Gasteiger partial charge < -0.3 is 20.3 Å². The minimum Gasteiger partial charge on any atom is -0.393 e. The quantitative estimate of drug-likeness (QED) is 0.609. The Morgan fingerprint density at radius 1 is 1.10 bits per heavy atom. The van der Waals surface area contributed by atoms with Gasteiger partial charge in [-0.05, 0) is 72.2 Å². The number of aliphatic hydroxyl groups is 1. The van der Waals surface area contributed by atoms with Crippen LogP contribution in [0.1, 0.15) is 43.7 Å². The summed E-state index contributed by atoms with van der Waals surface area (Å²) in [6, 6.07) is 16.5. The summed E-state index contributed by atoms with van der Waals surface area (Å²) in [6.07, 6.45) is 1.48. The fourth-order valence-corrected chi connectivity index (χ4v) is 3.87. The van der Waals surface area contributed by atoms with Crippen molar-refractivity contribution in [1.29, 1.82) is 0 Å². The molecule has 3 N–H and O–H groups in total. The molecule has 1 saturated heterocycles. The summed E-state index contributed by atoms with van der Waals surface area (Å²) < 4.78 is 0. The maximum Gasteiger partial charge on any atom is 0.253 e. The zero-order valence-corrected chi connectivity index (χ0v) is 17.1. The number of aromatic nitrogens is 1. The number of piperidine rings is 1. The third-order valence-electron chi connectivity index (χ3n) is 5.79. The van der Waals surface area contributed by atoms with Crippen LogP contribution in [-0.4, -0.2) is 29.3 Å². The summed E-state index contributed by atoms with van der Waals surface area (Å²) in [7, 11) is 0. The molecule has 1 aliphatic heterocycles. The minimum absolute atomic E-state index is 0.0502. The van der Waals surface area contributed by atoms with Crippen LogP contribution in [0.25, 0.3) is 10.9 Å². The second kappa shape index (κ2) is 8.29. The van der Waals surface area contributed by atoms with Gasteiger partial charge in [0.15, 0.2) is 0 Å². The molecular weight excluding hydrogens is 362 g/mol. The Morgan fingerprint density at radius 2 is 1.83 bits per heavy atom. The molecule has 4 rings (SSSR count). The number of pyridine rings is 1. The topological polar surface area (TPSA) is 68.4 Å². The van der Waals surface area contributed by atoms with Crippen molar-refractivity contribution in [2.24, 2.45) is 0 Å². The van der Waals surface area contributed by atoms with Gasteiger partial charge in [-0.25, -0.2) is 0 Å². The van der Waals surface area contributed by atoms with Gasteiger partial charge in [0.25, 0.3) is 5.56 Å². The van der Waals surface area contributed by atoms with E-state index in [0.29, 0.717) is 12.5 Å². The summed E-state index contributed by atoms with van der Waals surface area (Å²) in [4.78, 5) is 17.7. The van der Waals surface area contributed by atoms with E-state index in [2.05, 4.69) is 53.3 Å². The molecule has 2 aromatic carbocycles. The van der Waals surface area contributed by atoms with E-state index >= 15 is 0 Å². The van der Waals surface area contributed by atoms with Gasteiger partial charge in [0.1, 0.15) is 0 Å². The van der Waals surface area contributed by atoms with Crippen LogP contribution in [-0.2, 0) is 6.54 Å². The molecule has 5 heteroatoms. The average Bonchev–Trinajstić information content (AvgIpc) is 2.73. The molecule has 1 aromatic heterocycles. The van der Waals surface area contributed by atoms with Crippen molar-refractivity contribution in [2.45, 2.75) is 45.3 Å². The number of anilines is 2. The van der Waals surface area contributed by atoms with Crippen LogP contribution in [0.2, 0.25) is 0 Å². The Hall–Kier alpha value is -2.79. The lowest BCUT2D eigenvalue weighted by Gasteiger charge is -2.31. The summed E-state index contributed by atoms with van der Waals surface area (Å²) >= 11 is 0. The molecule has 0 radical (unpaired) electrons. The highest BCUT2D eigenvalue weighted by Crippen LogP contribution is 2.23. The first-order valence-electron chi connectivity index (χ1n) is 10.4. The van der Waals surface area contributed by atoms with Gasteiger partial charge in [0, 0.05) is 42.1 Å². The monoisotopic (exact) mass is 391 g/mol. The lowest BCUT2D eigenvalue weighted by Crippen LogP contribution is -2.35. The number of hydrogen-bond donors (Lipinski definition) is 3. The molecule has 0 amide bonds. The average molecular weight is 392 g/mol. The number of benzene rings is 2. The number of nitrogens with one attached hydrogen (secondary N) is 2. The van der Waals surface area contributed by atoms with E-state index in [-0.39, 0.29) is 11.7 Å². The molecule has 0 spiro atoms. The highest BCUT2D eigenvalue weighted by Gasteiger charge is 2.17. The Labute approximate surface area is 171 Å². The molecule has 0 aliphatic carbocycles. The summed E-state index contributed by atoms with van der Waals surface area (Å²) in [5, 5.41) is 14.1. The van der Waals surface area contributed by atoms with E-state index in [1.165, 1.54) is 11.3 Å². The van der Waals surface area contributed by atoms with Crippen molar-refractivity contribution in [3.63, 3.8) is 0 Å². The second-order valence-electron chi connectivity index (χ2n) is 8.24. The van der Waals surface area contributed by atoms with Crippen LogP contribution in [0.3, 0.4) is 0 Å². The van der Waals surface area contributed by atoms with Crippen LogP contribution in [0, 0.1) is 0 Å². The van der Waals surface area contributed by atoms with E-state index < -0.39 is 0 Å². The molecule has 3 aromatic rings. The zero-order chi connectivity index (χ0) is 20.4. The van der Waals surface area contributed by atoms with Crippen molar-refractivity contribution in [3.8, 4) is 0 Å². The van der Waals surface area contributed by atoms with Gasteiger partial charge in [-0.2, -0.15) is 0 Å². The van der Waals surface area contributed by atoms with Gasteiger partial charge in [-0.1, -0.05) is 19.9 Å².